The van der Waals surface area contributed by atoms with Crippen molar-refractivity contribution in [2.24, 2.45) is 0 Å². The van der Waals surface area contributed by atoms with Crippen molar-refractivity contribution in [2.75, 3.05) is 16.6 Å². The lowest BCUT2D eigenvalue weighted by Crippen LogP contribution is -2.29. The van der Waals surface area contributed by atoms with Crippen LogP contribution in [0.15, 0.2) is 42.5 Å². The molecule has 1 N–H and O–H groups in total. The number of anilines is 1. The molecule has 1 heterocycles. The Labute approximate surface area is 161 Å². The Morgan fingerprint density at radius 3 is 2.48 bits per heavy atom. The van der Waals surface area contributed by atoms with Gasteiger partial charge < -0.3 is 5.32 Å². The van der Waals surface area contributed by atoms with E-state index in [-0.39, 0.29) is 34.3 Å². The summed E-state index contributed by atoms with van der Waals surface area (Å²) < 4.78 is 37.5. The molecule has 2 aromatic rings. The van der Waals surface area contributed by atoms with E-state index in [0.29, 0.717) is 13.0 Å². The predicted octanol–water partition coefficient (Wildman–Crippen LogP) is 2.52. The Hall–Kier alpha value is -2.45. The zero-order chi connectivity index (χ0) is 19.6. The number of hydrogen-bond acceptors (Lipinski definition) is 4. The van der Waals surface area contributed by atoms with Gasteiger partial charge in [0.25, 0.3) is 5.91 Å². The molecule has 0 saturated carbocycles. The fraction of sp³-hybridized carbons (Fsp3) is 0.222. The summed E-state index contributed by atoms with van der Waals surface area (Å²) in [5.74, 6) is -1.52. The molecule has 0 unspecified atom stereocenters. The quantitative estimate of drug-likeness (QED) is 0.821. The van der Waals surface area contributed by atoms with Crippen LogP contribution in [0.25, 0.3) is 0 Å². The monoisotopic (exact) mass is 410 g/mol. The summed E-state index contributed by atoms with van der Waals surface area (Å²) in [6.45, 7) is 0.321. The summed E-state index contributed by atoms with van der Waals surface area (Å²) in [5, 5.41) is 2.74. The molecule has 0 radical (unpaired) electrons. The molecular formula is C18H16ClFN2O4S. The zero-order valence-corrected chi connectivity index (χ0v) is 15.7. The second-order valence-corrected chi connectivity index (χ2v) is 8.37. The van der Waals surface area contributed by atoms with Crippen LogP contribution in [0.5, 0.6) is 0 Å². The molecule has 0 aliphatic carbocycles. The lowest BCUT2D eigenvalue weighted by molar-refractivity contribution is -0.116. The molecule has 0 spiro atoms. The third-order valence-corrected chi connectivity index (χ3v) is 6.13. The van der Waals surface area contributed by atoms with Gasteiger partial charge in [-0.3, -0.25) is 9.59 Å². The van der Waals surface area contributed by atoms with Gasteiger partial charge in [0.15, 0.2) is 0 Å². The molecule has 0 atom stereocenters. The predicted molar refractivity (Wildman–Crippen MR) is 99.8 cm³/mol. The molecule has 1 aliphatic rings. The van der Waals surface area contributed by atoms with Crippen LogP contribution in [-0.4, -0.2) is 32.5 Å². The van der Waals surface area contributed by atoms with Gasteiger partial charge in [-0.1, -0.05) is 23.7 Å². The number of hydrogen-bond donors (Lipinski definition) is 1. The standard InChI is InChI=1S/C18H16ClFN2O4S/c19-16-11-14(22-17(23)8-10-27(22,25)26)5-6-15(16)18(24)21-9-7-12-1-3-13(20)4-2-12/h1-6,11H,7-10H2,(H,21,24). The largest absolute Gasteiger partial charge is 0.352 e. The summed E-state index contributed by atoms with van der Waals surface area (Å²) >= 11 is 6.12. The summed E-state index contributed by atoms with van der Waals surface area (Å²) in [7, 11) is -3.69. The molecule has 3 rings (SSSR count). The average Bonchev–Trinajstić information content (AvgIpc) is 2.89. The van der Waals surface area contributed by atoms with Crippen molar-refractivity contribution in [1.82, 2.24) is 5.32 Å². The second kappa shape index (κ2) is 7.66. The maximum Gasteiger partial charge on any atom is 0.252 e. The van der Waals surface area contributed by atoms with E-state index in [0.717, 1.165) is 9.87 Å². The minimum absolute atomic E-state index is 0.0432. The van der Waals surface area contributed by atoms with Crippen molar-refractivity contribution < 1.29 is 22.4 Å². The highest BCUT2D eigenvalue weighted by atomic mass is 35.5. The van der Waals surface area contributed by atoms with E-state index < -0.39 is 21.8 Å². The van der Waals surface area contributed by atoms with Crippen LogP contribution in [0.1, 0.15) is 22.3 Å². The average molecular weight is 411 g/mol. The van der Waals surface area contributed by atoms with Gasteiger partial charge in [-0.05, 0) is 42.3 Å². The number of amides is 2. The molecule has 1 saturated heterocycles. The van der Waals surface area contributed by atoms with Crippen molar-refractivity contribution in [3.8, 4) is 0 Å². The highest BCUT2D eigenvalue weighted by Crippen LogP contribution is 2.29. The lowest BCUT2D eigenvalue weighted by Gasteiger charge is -2.16. The number of carbonyl (C=O) groups is 2. The van der Waals surface area contributed by atoms with E-state index in [9.17, 15) is 22.4 Å². The van der Waals surface area contributed by atoms with E-state index in [2.05, 4.69) is 5.32 Å². The first-order chi connectivity index (χ1) is 12.8. The number of nitrogens with zero attached hydrogens (tertiary/aromatic N) is 1. The van der Waals surface area contributed by atoms with Crippen LogP contribution in [0, 0.1) is 5.82 Å². The number of halogens is 2. The van der Waals surface area contributed by atoms with Crippen molar-refractivity contribution in [1.29, 1.82) is 0 Å². The molecule has 0 bridgehead atoms. The number of nitrogens with one attached hydrogen (secondary N) is 1. The van der Waals surface area contributed by atoms with Gasteiger partial charge in [0.1, 0.15) is 5.82 Å². The SMILES string of the molecule is O=C(NCCc1ccc(F)cc1)c1ccc(N2C(=O)CCS2(=O)=O)cc1Cl. The van der Waals surface area contributed by atoms with Crippen LogP contribution < -0.4 is 9.62 Å². The first-order valence-corrected chi connectivity index (χ1v) is 10.1. The molecule has 2 amide bonds. The number of carbonyl (C=O) groups excluding carboxylic acids is 2. The topological polar surface area (TPSA) is 83.6 Å². The first-order valence-electron chi connectivity index (χ1n) is 8.16. The van der Waals surface area contributed by atoms with Crippen molar-refractivity contribution in [3.63, 3.8) is 0 Å². The second-order valence-electron chi connectivity index (χ2n) is 6.02. The van der Waals surface area contributed by atoms with Gasteiger partial charge in [0, 0.05) is 13.0 Å². The van der Waals surface area contributed by atoms with Crippen LogP contribution >= 0.6 is 11.6 Å². The molecule has 9 heteroatoms. The van der Waals surface area contributed by atoms with Crippen molar-refractivity contribution >= 4 is 39.1 Å². The molecule has 27 heavy (non-hydrogen) atoms. The minimum atomic E-state index is -3.69. The maximum atomic E-state index is 12.9. The van der Waals surface area contributed by atoms with Gasteiger partial charge in [0.05, 0.1) is 22.0 Å². The summed E-state index contributed by atoms with van der Waals surface area (Å²) in [6.07, 6.45) is 0.438. The van der Waals surface area contributed by atoms with E-state index in [1.54, 1.807) is 12.1 Å². The molecule has 1 aliphatic heterocycles. The summed E-state index contributed by atoms with van der Waals surface area (Å²) in [6, 6.07) is 10.0. The van der Waals surface area contributed by atoms with E-state index >= 15 is 0 Å². The third-order valence-electron chi connectivity index (χ3n) is 4.12. The molecule has 142 valence electrons. The van der Waals surface area contributed by atoms with Gasteiger partial charge >= 0.3 is 0 Å². The third kappa shape index (κ3) is 4.28. The summed E-state index contributed by atoms with van der Waals surface area (Å²) in [5.41, 5.74) is 1.16. The maximum absolute atomic E-state index is 12.9. The Morgan fingerprint density at radius 2 is 1.89 bits per heavy atom. The number of rotatable bonds is 5. The normalized spacial score (nSPS) is 15.8. The molecule has 2 aromatic carbocycles. The molecule has 0 aromatic heterocycles. The van der Waals surface area contributed by atoms with E-state index in [4.69, 9.17) is 11.6 Å². The van der Waals surface area contributed by atoms with Crippen molar-refractivity contribution in [2.45, 2.75) is 12.8 Å². The van der Waals surface area contributed by atoms with Gasteiger partial charge in [-0.2, -0.15) is 0 Å². The molecule has 6 nitrogen and oxygen atoms in total. The molecule has 1 fully saturated rings. The van der Waals surface area contributed by atoms with Crippen LogP contribution in [-0.2, 0) is 21.2 Å². The highest BCUT2D eigenvalue weighted by molar-refractivity contribution is 7.94. The Morgan fingerprint density at radius 1 is 1.19 bits per heavy atom. The Kier molecular flexibility index (Phi) is 5.48. The van der Waals surface area contributed by atoms with Crippen LogP contribution in [0.3, 0.4) is 0 Å². The van der Waals surface area contributed by atoms with Crippen LogP contribution in [0.2, 0.25) is 5.02 Å². The van der Waals surface area contributed by atoms with E-state index in [1.807, 2.05) is 0 Å². The van der Waals surface area contributed by atoms with Crippen molar-refractivity contribution in [3.05, 3.63) is 64.4 Å². The smallest absolute Gasteiger partial charge is 0.252 e. The number of benzene rings is 2. The van der Waals surface area contributed by atoms with E-state index in [1.165, 1.54) is 30.3 Å². The minimum Gasteiger partial charge on any atom is -0.352 e. The zero-order valence-electron chi connectivity index (χ0n) is 14.1. The Balaban J connectivity index is 1.67. The first kappa shape index (κ1) is 19.3. The van der Waals surface area contributed by atoms with Gasteiger partial charge in [-0.15, -0.1) is 0 Å². The van der Waals surface area contributed by atoms with Gasteiger partial charge in [-0.25, -0.2) is 17.1 Å². The summed E-state index contributed by atoms with van der Waals surface area (Å²) in [4.78, 5) is 24.1. The Bertz CT molecular complexity index is 993. The molecular weight excluding hydrogens is 395 g/mol. The van der Waals surface area contributed by atoms with Gasteiger partial charge in [0.2, 0.25) is 15.9 Å². The van der Waals surface area contributed by atoms with Crippen LogP contribution in [0.4, 0.5) is 10.1 Å². The fourth-order valence-corrected chi connectivity index (χ4v) is 4.46. The lowest BCUT2D eigenvalue weighted by atomic mass is 10.1. The number of sulfonamides is 1. The fourth-order valence-electron chi connectivity index (χ4n) is 2.75. The highest BCUT2D eigenvalue weighted by Gasteiger charge is 2.36.